The van der Waals surface area contributed by atoms with E-state index in [1.165, 1.54) is 24.8 Å². The maximum Gasteiger partial charge on any atom is 0.151 e. The van der Waals surface area contributed by atoms with Crippen LogP contribution < -0.4 is 4.90 Å². The molecule has 0 N–H and O–H groups in total. The van der Waals surface area contributed by atoms with Crippen molar-refractivity contribution in [3.05, 3.63) is 35.8 Å². The number of morpholine rings is 1. The van der Waals surface area contributed by atoms with E-state index < -0.39 is 0 Å². The van der Waals surface area contributed by atoms with Crippen molar-refractivity contribution in [1.82, 2.24) is 29.5 Å². The van der Waals surface area contributed by atoms with Crippen molar-refractivity contribution < 1.29 is 9.53 Å². The van der Waals surface area contributed by atoms with E-state index in [-0.39, 0.29) is 6.17 Å². The summed E-state index contributed by atoms with van der Waals surface area (Å²) in [7, 11) is 0. The SMILES string of the molecule is O=CC(N1CCN(C2CCC2)CC1)N1CCc2nn(-c3ccnc(N4CCOCC4)c3)cc2C1. The fourth-order valence-electron chi connectivity index (χ4n) is 5.73. The van der Waals surface area contributed by atoms with Crippen molar-refractivity contribution in [1.29, 1.82) is 0 Å². The summed E-state index contributed by atoms with van der Waals surface area (Å²) >= 11 is 0. The molecule has 1 aliphatic carbocycles. The molecule has 34 heavy (non-hydrogen) atoms. The highest BCUT2D eigenvalue weighted by atomic mass is 16.5. The zero-order valence-corrected chi connectivity index (χ0v) is 19.9. The molecule has 1 atom stereocenters. The molecule has 3 fully saturated rings. The standard InChI is InChI=1S/C25H35N7O2/c33-19-25(30-10-8-28(9-11-30)21-2-1-3-21)31-7-5-23-20(17-31)18-32(27-23)22-4-6-26-24(16-22)29-12-14-34-15-13-29/h4,6,16,18-19,21,25H,1-3,5,7-15,17H2. The number of aldehydes is 1. The van der Waals surface area contributed by atoms with Gasteiger partial charge in [0, 0.05) is 88.8 Å². The maximum atomic E-state index is 12.2. The lowest BCUT2D eigenvalue weighted by molar-refractivity contribution is -0.121. The van der Waals surface area contributed by atoms with E-state index in [0.29, 0.717) is 0 Å². The van der Waals surface area contributed by atoms with Gasteiger partial charge in [-0.1, -0.05) is 6.42 Å². The highest BCUT2D eigenvalue weighted by Gasteiger charge is 2.34. The van der Waals surface area contributed by atoms with Gasteiger partial charge in [-0.25, -0.2) is 9.67 Å². The van der Waals surface area contributed by atoms with E-state index in [1.807, 2.05) is 16.9 Å². The monoisotopic (exact) mass is 465 g/mol. The summed E-state index contributed by atoms with van der Waals surface area (Å²) in [6.07, 6.45) is 9.94. The van der Waals surface area contributed by atoms with Gasteiger partial charge in [-0.3, -0.25) is 14.7 Å². The first kappa shape index (κ1) is 22.2. The summed E-state index contributed by atoms with van der Waals surface area (Å²) in [5.41, 5.74) is 3.38. The molecule has 2 aromatic heterocycles. The molecule has 0 bridgehead atoms. The van der Waals surface area contributed by atoms with Crippen LogP contribution in [0.2, 0.25) is 0 Å². The van der Waals surface area contributed by atoms with Crippen molar-refractivity contribution in [2.24, 2.45) is 0 Å². The number of hydrogen-bond donors (Lipinski definition) is 0. The number of carbonyl (C=O) groups excluding carboxylic acids is 1. The molecule has 182 valence electrons. The van der Waals surface area contributed by atoms with Gasteiger partial charge in [-0.15, -0.1) is 0 Å². The average molecular weight is 466 g/mol. The first-order chi connectivity index (χ1) is 16.8. The van der Waals surface area contributed by atoms with Crippen molar-refractivity contribution in [3.8, 4) is 5.69 Å². The molecule has 9 nitrogen and oxygen atoms in total. The number of aromatic nitrogens is 3. The minimum Gasteiger partial charge on any atom is -0.378 e. The molecule has 2 aromatic rings. The normalized spacial score (nSPS) is 23.9. The van der Waals surface area contributed by atoms with Crippen molar-refractivity contribution in [2.45, 2.75) is 44.4 Å². The Bertz CT molecular complexity index is 993. The molecule has 0 aromatic carbocycles. The van der Waals surface area contributed by atoms with E-state index in [1.54, 1.807) is 0 Å². The molecule has 6 rings (SSSR count). The van der Waals surface area contributed by atoms with Gasteiger partial charge in [-0.05, 0) is 18.9 Å². The Morgan fingerprint density at radius 1 is 1.03 bits per heavy atom. The Morgan fingerprint density at radius 2 is 1.85 bits per heavy atom. The lowest BCUT2D eigenvalue weighted by Gasteiger charge is -2.46. The second-order valence-corrected chi connectivity index (χ2v) is 9.94. The van der Waals surface area contributed by atoms with Gasteiger partial charge in [0.05, 0.1) is 24.6 Å². The van der Waals surface area contributed by atoms with Crippen LogP contribution in [0.25, 0.3) is 5.69 Å². The molecular formula is C25H35N7O2. The highest BCUT2D eigenvalue weighted by Crippen LogP contribution is 2.27. The fourth-order valence-corrected chi connectivity index (χ4v) is 5.73. The molecule has 5 heterocycles. The molecule has 3 aliphatic heterocycles. The summed E-state index contributed by atoms with van der Waals surface area (Å²) in [6, 6.07) is 4.91. The Labute approximate surface area is 201 Å². The minimum atomic E-state index is -0.145. The van der Waals surface area contributed by atoms with Gasteiger partial charge in [0.1, 0.15) is 12.0 Å². The van der Waals surface area contributed by atoms with Crippen LogP contribution in [0.3, 0.4) is 0 Å². The Balaban J connectivity index is 1.13. The molecule has 1 unspecified atom stereocenters. The van der Waals surface area contributed by atoms with Gasteiger partial charge in [0.2, 0.25) is 0 Å². The fraction of sp³-hybridized carbons (Fsp3) is 0.640. The topological polar surface area (TPSA) is 70.0 Å². The van der Waals surface area contributed by atoms with Crippen LogP contribution in [-0.2, 0) is 22.5 Å². The first-order valence-corrected chi connectivity index (χ1v) is 12.8. The second kappa shape index (κ2) is 9.73. The number of pyridine rings is 1. The summed E-state index contributed by atoms with van der Waals surface area (Å²) in [6.45, 7) is 8.96. The van der Waals surface area contributed by atoms with Crippen molar-refractivity contribution in [3.63, 3.8) is 0 Å². The van der Waals surface area contributed by atoms with E-state index in [4.69, 9.17) is 9.84 Å². The first-order valence-electron chi connectivity index (χ1n) is 12.8. The number of carbonyl (C=O) groups is 1. The van der Waals surface area contributed by atoms with Crippen LogP contribution in [0, 0.1) is 0 Å². The average Bonchev–Trinajstić information content (AvgIpc) is 3.29. The third-order valence-electron chi connectivity index (χ3n) is 8.03. The molecule has 1 saturated carbocycles. The minimum absolute atomic E-state index is 0.145. The summed E-state index contributed by atoms with van der Waals surface area (Å²) in [4.78, 5) is 26.3. The van der Waals surface area contributed by atoms with Gasteiger partial charge < -0.3 is 14.4 Å². The van der Waals surface area contributed by atoms with E-state index in [9.17, 15) is 4.79 Å². The molecule has 0 spiro atoms. The highest BCUT2D eigenvalue weighted by molar-refractivity contribution is 5.57. The molecule has 0 amide bonds. The van der Waals surface area contributed by atoms with Crippen LogP contribution in [0.4, 0.5) is 5.82 Å². The Hall–Kier alpha value is -2.33. The predicted molar refractivity (Wildman–Crippen MR) is 129 cm³/mol. The Kier molecular flexibility index (Phi) is 6.34. The largest absolute Gasteiger partial charge is 0.378 e. The van der Waals surface area contributed by atoms with Crippen LogP contribution in [-0.4, -0.2) is 107 Å². The molecule has 9 heteroatoms. The smallest absolute Gasteiger partial charge is 0.151 e. The molecular weight excluding hydrogens is 430 g/mol. The molecule has 2 saturated heterocycles. The van der Waals surface area contributed by atoms with Crippen molar-refractivity contribution >= 4 is 12.1 Å². The lowest BCUT2D eigenvalue weighted by Crippen LogP contribution is -2.59. The van der Waals surface area contributed by atoms with Crippen LogP contribution in [0.1, 0.15) is 30.5 Å². The number of nitrogens with zero attached hydrogens (tertiary/aromatic N) is 7. The second-order valence-electron chi connectivity index (χ2n) is 9.94. The molecule has 4 aliphatic rings. The van der Waals surface area contributed by atoms with E-state index >= 15 is 0 Å². The summed E-state index contributed by atoms with van der Waals surface area (Å²) in [5.74, 6) is 0.970. The van der Waals surface area contributed by atoms with Gasteiger partial charge in [0.25, 0.3) is 0 Å². The number of anilines is 1. The number of hydrogen-bond acceptors (Lipinski definition) is 8. The van der Waals surface area contributed by atoms with Crippen molar-refractivity contribution in [2.75, 3.05) is 63.9 Å². The van der Waals surface area contributed by atoms with E-state index in [2.05, 4.69) is 36.8 Å². The number of ether oxygens (including phenoxy) is 1. The van der Waals surface area contributed by atoms with Crippen LogP contribution in [0.15, 0.2) is 24.5 Å². The zero-order chi connectivity index (χ0) is 22.9. The third kappa shape index (κ3) is 4.37. The zero-order valence-electron chi connectivity index (χ0n) is 19.9. The van der Waals surface area contributed by atoms with E-state index in [0.717, 1.165) is 102 Å². The van der Waals surface area contributed by atoms with Gasteiger partial charge in [0.15, 0.2) is 6.29 Å². The number of piperazine rings is 1. The number of fused-ring (bicyclic) bond motifs is 1. The Morgan fingerprint density at radius 3 is 2.59 bits per heavy atom. The summed E-state index contributed by atoms with van der Waals surface area (Å²) < 4.78 is 7.45. The predicted octanol–water partition coefficient (Wildman–Crippen LogP) is 1.16. The third-order valence-corrected chi connectivity index (χ3v) is 8.03. The van der Waals surface area contributed by atoms with Crippen LogP contribution >= 0.6 is 0 Å². The maximum absolute atomic E-state index is 12.2. The molecule has 0 radical (unpaired) electrons. The van der Waals surface area contributed by atoms with Gasteiger partial charge in [-0.2, -0.15) is 5.10 Å². The number of rotatable bonds is 6. The van der Waals surface area contributed by atoms with Gasteiger partial charge >= 0.3 is 0 Å². The quantitative estimate of drug-likeness (QED) is 0.589. The lowest BCUT2D eigenvalue weighted by atomic mass is 9.91. The van der Waals surface area contributed by atoms with Crippen LogP contribution in [0.5, 0.6) is 0 Å². The summed E-state index contributed by atoms with van der Waals surface area (Å²) in [5, 5.41) is 4.89.